The number of carbonyl (C=O) groups is 1. The number of alkyl halides is 3. The van der Waals surface area contributed by atoms with Crippen LogP contribution in [0.2, 0.25) is 0 Å². The van der Waals surface area contributed by atoms with Gasteiger partial charge in [-0.15, -0.1) is 0 Å². The van der Waals surface area contributed by atoms with E-state index in [0.29, 0.717) is 42.2 Å². The van der Waals surface area contributed by atoms with Crippen LogP contribution in [0.15, 0.2) is 59.2 Å². The fourth-order valence-electron chi connectivity index (χ4n) is 4.66. The van der Waals surface area contributed by atoms with Gasteiger partial charge in [-0.25, -0.2) is 14.2 Å². The number of aliphatic hydroxyl groups is 1. The first kappa shape index (κ1) is 23.3. The van der Waals surface area contributed by atoms with Gasteiger partial charge in [0.2, 0.25) is 0 Å². The van der Waals surface area contributed by atoms with E-state index in [9.17, 15) is 27.5 Å². The van der Waals surface area contributed by atoms with Crippen LogP contribution in [0.3, 0.4) is 0 Å². The number of aliphatic hydroxyl groups excluding tert-OH is 1. The molecule has 0 saturated carbocycles. The summed E-state index contributed by atoms with van der Waals surface area (Å²) in [6.07, 6.45) is -2.97. The Kier molecular flexibility index (Phi) is 6.00. The quantitative estimate of drug-likeness (QED) is 0.533. The third-order valence-electron chi connectivity index (χ3n) is 6.57. The van der Waals surface area contributed by atoms with Crippen molar-refractivity contribution >= 4 is 6.03 Å². The summed E-state index contributed by atoms with van der Waals surface area (Å²) >= 11 is 0. The second-order valence-corrected chi connectivity index (χ2v) is 9.07. The maximum absolute atomic E-state index is 13.3. The van der Waals surface area contributed by atoms with E-state index in [-0.39, 0.29) is 36.8 Å². The third kappa shape index (κ3) is 4.88. The number of aromatic nitrogens is 1. The van der Waals surface area contributed by atoms with Crippen LogP contribution in [0.25, 0.3) is 11.3 Å². The molecule has 6 nitrogen and oxygen atoms in total. The highest BCUT2D eigenvalue weighted by Crippen LogP contribution is 2.38. The number of benzene rings is 2. The molecule has 3 aromatic rings. The van der Waals surface area contributed by atoms with Crippen molar-refractivity contribution in [3.63, 3.8) is 0 Å². The van der Waals surface area contributed by atoms with Gasteiger partial charge in [-0.3, -0.25) is 0 Å². The number of oxazole rings is 1. The van der Waals surface area contributed by atoms with Crippen molar-refractivity contribution in [2.24, 2.45) is 0 Å². The zero-order valence-electron chi connectivity index (χ0n) is 18.6. The van der Waals surface area contributed by atoms with Crippen molar-refractivity contribution in [3.8, 4) is 11.3 Å². The summed E-state index contributed by atoms with van der Waals surface area (Å²) < 4.78 is 58.1. The molecular formula is C25H23F4N3O3. The van der Waals surface area contributed by atoms with Crippen molar-refractivity contribution in [3.05, 3.63) is 77.6 Å². The van der Waals surface area contributed by atoms with Gasteiger partial charge >= 0.3 is 12.2 Å². The Morgan fingerprint density at radius 1 is 0.943 bits per heavy atom. The van der Waals surface area contributed by atoms with Crippen LogP contribution >= 0.6 is 0 Å². The highest BCUT2D eigenvalue weighted by Gasteiger charge is 2.39. The van der Waals surface area contributed by atoms with Gasteiger partial charge in [-0.1, -0.05) is 12.1 Å². The molecule has 2 fully saturated rings. The second-order valence-electron chi connectivity index (χ2n) is 9.07. The van der Waals surface area contributed by atoms with Crippen LogP contribution < -0.4 is 0 Å². The number of halogens is 4. The normalized spacial score (nSPS) is 21.2. The van der Waals surface area contributed by atoms with Crippen LogP contribution in [0.1, 0.15) is 35.3 Å². The highest BCUT2D eigenvalue weighted by atomic mass is 19.4. The number of carbonyl (C=O) groups excluding carboxylic acids is 1. The molecule has 3 heterocycles. The summed E-state index contributed by atoms with van der Waals surface area (Å²) in [7, 11) is 0. The Balaban J connectivity index is 1.40. The number of piperidine rings is 1. The molecule has 0 aliphatic carbocycles. The molecule has 0 bridgehead atoms. The number of amides is 2. The summed E-state index contributed by atoms with van der Waals surface area (Å²) in [5, 5.41) is 9.59. The van der Waals surface area contributed by atoms with E-state index in [0.717, 1.165) is 12.1 Å². The predicted octanol–water partition coefficient (Wildman–Crippen LogP) is 4.87. The average Bonchev–Trinajstić information content (AvgIpc) is 3.32. The average molecular weight is 489 g/mol. The number of β-amino-alcohol motifs (C(OH)–C–C–N with tert-alkyl or cyclic N) is 1. The van der Waals surface area contributed by atoms with Gasteiger partial charge < -0.3 is 19.3 Å². The molecule has 2 unspecified atom stereocenters. The number of nitrogens with zero attached hydrogens (tertiary/aromatic N) is 3. The lowest BCUT2D eigenvalue weighted by Gasteiger charge is -2.43. The highest BCUT2D eigenvalue weighted by molar-refractivity contribution is 5.76. The maximum atomic E-state index is 13.3. The maximum Gasteiger partial charge on any atom is 0.416 e. The predicted molar refractivity (Wildman–Crippen MR) is 118 cm³/mol. The van der Waals surface area contributed by atoms with E-state index in [4.69, 9.17) is 4.42 Å². The van der Waals surface area contributed by atoms with E-state index in [1.807, 2.05) is 0 Å². The molecule has 10 heteroatoms. The van der Waals surface area contributed by atoms with Gasteiger partial charge in [0.15, 0.2) is 5.89 Å². The first-order chi connectivity index (χ1) is 16.7. The van der Waals surface area contributed by atoms with Crippen molar-refractivity contribution in [1.29, 1.82) is 0 Å². The first-order valence-electron chi connectivity index (χ1n) is 11.3. The van der Waals surface area contributed by atoms with Crippen molar-refractivity contribution in [1.82, 2.24) is 14.8 Å². The summed E-state index contributed by atoms with van der Waals surface area (Å²) in [6, 6.07) is 10.6. The smallest absolute Gasteiger partial charge is 0.416 e. The Hall–Kier alpha value is -3.40. The van der Waals surface area contributed by atoms with Crippen molar-refractivity contribution in [2.75, 3.05) is 26.2 Å². The minimum Gasteiger partial charge on any atom is -0.448 e. The van der Waals surface area contributed by atoms with Crippen molar-refractivity contribution in [2.45, 2.75) is 30.5 Å². The molecule has 2 aromatic carbocycles. The Morgan fingerprint density at radius 2 is 1.57 bits per heavy atom. The molecule has 184 valence electrons. The van der Waals surface area contributed by atoms with Gasteiger partial charge in [0.1, 0.15) is 17.8 Å². The molecule has 5 rings (SSSR count). The van der Waals surface area contributed by atoms with Gasteiger partial charge in [-0.2, -0.15) is 13.2 Å². The van der Waals surface area contributed by atoms with E-state index in [1.165, 1.54) is 35.4 Å². The molecule has 0 radical (unpaired) electrons. The third-order valence-corrected chi connectivity index (χ3v) is 6.57. The van der Waals surface area contributed by atoms with E-state index in [2.05, 4.69) is 4.98 Å². The number of hydrogen-bond acceptors (Lipinski definition) is 4. The van der Waals surface area contributed by atoms with E-state index in [1.54, 1.807) is 17.0 Å². The minimum absolute atomic E-state index is 0.229. The van der Waals surface area contributed by atoms with E-state index < -0.39 is 17.8 Å². The molecular weight excluding hydrogens is 466 g/mol. The van der Waals surface area contributed by atoms with Crippen LogP contribution in [-0.4, -0.2) is 58.2 Å². The van der Waals surface area contributed by atoms with E-state index >= 15 is 0 Å². The monoisotopic (exact) mass is 489 g/mol. The van der Waals surface area contributed by atoms with Gasteiger partial charge in [0, 0.05) is 24.6 Å². The molecule has 0 spiro atoms. The molecule has 2 aliphatic heterocycles. The zero-order valence-corrected chi connectivity index (χ0v) is 18.6. The largest absolute Gasteiger partial charge is 0.448 e. The standard InChI is InChI=1S/C25H23F4N3O3/c26-20-7-3-16(4-8-20)22-14-35-23(30-22)18-9-17(15-1-5-19(6-2-15)25(27,28)29)10-31(11-18)24(34)32-12-21(33)13-32/h1-8,14,17-18,21,33H,9-13H2. The molecule has 2 atom stereocenters. The van der Waals surface area contributed by atoms with Crippen LogP contribution in [-0.2, 0) is 6.18 Å². The van der Waals surface area contributed by atoms with Gasteiger partial charge in [-0.05, 0) is 48.4 Å². The molecule has 35 heavy (non-hydrogen) atoms. The Labute approximate surface area is 198 Å². The molecule has 1 N–H and O–H groups in total. The molecule has 2 saturated heterocycles. The van der Waals surface area contributed by atoms with Gasteiger partial charge in [0.05, 0.1) is 30.7 Å². The Morgan fingerprint density at radius 3 is 2.20 bits per heavy atom. The lowest BCUT2D eigenvalue weighted by molar-refractivity contribution is -0.137. The first-order valence-corrected chi connectivity index (χ1v) is 11.3. The number of likely N-dealkylation sites (tertiary alicyclic amines) is 2. The summed E-state index contributed by atoms with van der Waals surface area (Å²) in [4.78, 5) is 20.8. The SMILES string of the molecule is O=C(N1CC(O)C1)N1CC(c2ccc(C(F)(F)F)cc2)CC(c2nc(-c3ccc(F)cc3)co2)C1. The summed E-state index contributed by atoms with van der Waals surface area (Å²) in [6.45, 7) is 1.15. The van der Waals surface area contributed by atoms with Crippen LogP contribution in [0.5, 0.6) is 0 Å². The fraction of sp³-hybridized carbons (Fsp3) is 0.360. The lowest BCUT2D eigenvalue weighted by Crippen LogP contribution is -2.59. The number of hydrogen-bond donors (Lipinski definition) is 1. The summed E-state index contributed by atoms with van der Waals surface area (Å²) in [5.41, 5.74) is 1.17. The van der Waals surface area contributed by atoms with Crippen LogP contribution in [0.4, 0.5) is 22.4 Å². The molecule has 1 aromatic heterocycles. The minimum atomic E-state index is -4.43. The fourth-order valence-corrected chi connectivity index (χ4v) is 4.66. The molecule has 2 amide bonds. The molecule has 2 aliphatic rings. The second kappa shape index (κ2) is 8.99. The summed E-state index contributed by atoms with van der Waals surface area (Å²) in [5.74, 6) is -0.482. The van der Waals surface area contributed by atoms with Crippen LogP contribution in [0, 0.1) is 5.82 Å². The van der Waals surface area contributed by atoms with Gasteiger partial charge in [0.25, 0.3) is 0 Å². The lowest BCUT2D eigenvalue weighted by atomic mass is 9.84. The Bertz CT molecular complexity index is 1190. The number of rotatable bonds is 3. The van der Waals surface area contributed by atoms with Crippen molar-refractivity contribution < 1.29 is 31.9 Å². The zero-order chi connectivity index (χ0) is 24.7. The topological polar surface area (TPSA) is 69.8 Å². The number of urea groups is 1.